The molecule has 0 aliphatic heterocycles. The van der Waals surface area contributed by atoms with Crippen LogP contribution in [0.2, 0.25) is 0 Å². The summed E-state index contributed by atoms with van der Waals surface area (Å²) in [5, 5.41) is 7.10. The monoisotopic (exact) mass is 111 g/mol. The van der Waals surface area contributed by atoms with Crippen molar-refractivity contribution in [1.29, 1.82) is 5.41 Å². The maximum absolute atomic E-state index is 7.10. The van der Waals surface area contributed by atoms with Gasteiger partial charge in [0.25, 0.3) is 0 Å². The molecule has 1 nitrogen and oxygen atoms in total. The third-order valence-corrected chi connectivity index (χ3v) is 1.08. The predicted molar refractivity (Wildman–Crippen MR) is 37.4 cm³/mol. The molecule has 0 bridgehead atoms. The average Bonchev–Trinajstić information content (AvgIpc) is 1.67. The number of hydrogen-bond donors (Lipinski definition) is 1. The van der Waals surface area contributed by atoms with E-state index in [0.29, 0.717) is 5.71 Å². The van der Waals surface area contributed by atoms with E-state index in [1.165, 1.54) is 0 Å². The largest absolute Gasteiger partial charge is 0.305 e. The first-order valence-electron chi connectivity index (χ1n) is 2.91. The molecule has 0 heterocycles. The Bertz CT molecular complexity index is 103. The highest BCUT2D eigenvalue weighted by molar-refractivity contribution is 5.94. The zero-order valence-corrected chi connectivity index (χ0v) is 5.62. The Morgan fingerprint density at radius 3 is 2.25 bits per heavy atom. The number of allylic oxidation sites excluding steroid dienone is 1. The quantitative estimate of drug-likeness (QED) is 0.541. The molecule has 46 valence electrons. The second-order valence-electron chi connectivity index (χ2n) is 1.98. The van der Waals surface area contributed by atoms with Crippen molar-refractivity contribution in [2.45, 2.75) is 26.7 Å². The SMILES string of the molecule is C=C(CCC)C(C)=N. The Kier molecular flexibility index (Phi) is 3.16. The maximum Gasteiger partial charge on any atom is 0.0308 e. The molecule has 8 heavy (non-hydrogen) atoms. The highest BCUT2D eigenvalue weighted by Crippen LogP contribution is 2.01. The summed E-state index contributed by atoms with van der Waals surface area (Å²) in [6.45, 7) is 7.59. The molecule has 0 radical (unpaired) electrons. The van der Waals surface area contributed by atoms with E-state index in [1.54, 1.807) is 6.92 Å². The first kappa shape index (κ1) is 7.41. The van der Waals surface area contributed by atoms with Gasteiger partial charge < -0.3 is 5.41 Å². The molecular formula is C7H13N. The van der Waals surface area contributed by atoms with E-state index < -0.39 is 0 Å². The molecule has 0 saturated heterocycles. The van der Waals surface area contributed by atoms with E-state index >= 15 is 0 Å². The molecule has 1 heteroatoms. The fourth-order valence-corrected chi connectivity index (χ4v) is 0.489. The van der Waals surface area contributed by atoms with Gasteiger partial charge in [-0.15, -0.1) is 0 Å². The van der Waals surface area contributed by atoms with Crippen LogP contribution in [0.5, 0.6) is 0 Å². The van der Waals surface area contributed by atoms with Crippen LogP contribution >= 0.6 is 0 Å². The molecule has 0 fully saturated rings. The van der Waals surface area contributed by atoms with E-state index in [4.69, 9.17) is 5.41 Å². The van der Waals surface area contributed by atoms with Crippen LogP contribution in [0.25, 0.3) is 0 Å². The van der Waals surface area contributed by atoms with Crippen molar-refractivity contribution < 1.29 is 0 Å². The van der Waals surface area contributed by atoms with E-state index in [-0.39, 0.29) is 0 Å². The summed E-state index contributed by atoms with van der Waals surface area (Å²) in [5.74, 6) is 0. The summed E-state index contributed by atoms with van der Waals surface area (Å²) in [5.41, 5.74) is 1.58. The smallest absolute Gasteiger partial charge is 0.0308 e. The van der Waals surface area contributed by atoms with Crippen LogP contribution in [0.4, 0.5) is 0 Å². The lowest BCUT2D eigenvalue weighted by molar-refractivity contribution is 0.936. The van der Waals surface area contributed by atoms with Crippen molar-refractivity contribution >= 4 is 5.71 Å². The van der Waals surface area contributed by atoms with Crippen molar-refractivity contribution in [3.05, 3.63) is 12.2 Å². The van der Waals surface area contributed by atoms with Gasteiger partial charge in [0.1, 0.15) is 0 Å². The summed E-state index contributed by atoms with van der Waals surface area (Å²) in [4.78, 5) is 0. The van der Waals surface area contributed by atoms with Crippen LogP contribution in [0, 0.1) is 5.41 Å². The number of nitrogens with one attached hydrogen (secondary N) is 1. The zero-order valence-electron chi connectivity index (χ0n) is 5.62. The molecule has 0 aromatic heterocycles. The lowest BCUT2D eigenvalue weighted by Crippen LogP contribution is -1.91. The molecular weight excluding hydrogens is 98.1 g/mol. The third kappa shape index (κ3) is 2.56. The minimum absolute atomic E-state index is 0.617. The molecule has 0 atom stereocenters. The van der Waals surface area contributed by atoms with Crippen LogP contribution < -0.4 is 0 Å². The Morgan fingerprint density at radius 2 is 2.12 bits per heavy atom. The lowest BCUT2D eigenvalue weighted by Gasteiger charge is -1.97. The molecule has 0 aliphatic carbocycles. The van der Waals surface area contributed by atoms with E-state index in [9.17, 15) is 0 Å². The maximum atomic E-state index is 7.10. The summed E-state index contributed by atoms with van der Waals surface area (Å²) in [6.07, 6.45) is 2.06. The number of hydrogen-bond acceptors (Lipinski definition) is 1. The van der Waals surface area contributed by atoms with Gasteiger partial charge in [0.15, 0.2) is 0 Å². The topological polar surface area (TPSA) is 23.9 Å². The summed E-state index contributed by atoms with van der Waals surface area (Å²) >= 11 is 0. The van der Waals surface area contributed by atoms with Crippen molar-refractivity contribution in [3.8, 4) is 0 Å². The average molecular weight is 111 g/mol. The van der Waals surface area contributed by atoms with Gasteiger partial charge in [0.05, 0.1) is 0 Å². The van der Waals surface area contributed by atoms with Crippen molar-refractivity contribution in [3.63, 3.8) is 0 Å². The molecule has 0 rings (SSSR count). The lowest BCUT2D eigenvalue weighted by atomic mass is 10.1. The van der Waals surface area contributed by atoms with Gasteiger partial charge in [-0.1, -0.05) is 19.9 Å². The Hall–Kier alpha value is -0.590. The molecule has 1 N–H and O–H groups in total. The van der Waals surface area contributed by atoms with Gasteiger partial charge in [0, 0.05) is 5.71 Å². The fourth-order valence-electron chi connectivity index (χ4n) is 0.489. The molecule has 0 unspecified atom stereocenters. The van der Waals surface area contributed by atoms with Crippen LogP contribution in [0.1, 0.15) is 26.7 Å². The molecule has 0 aromatic rings. The fraction of sp³-hybridized carbons (Fsp3) is 0.571. The first-order chi connectivity index (χ1) is 3.68. The third-order valence-electron chi connectivity index (χ3n) is 1.08. The summed E-state index contributed by atoms with van der Waals surface area (Å²) in [6, 6.07) is 0. The van der Waals surface area contributed by atoms with Crippen molar-refractivity contribution in [2.75, 3.05) is 0 Å². The molecule has 0 amide bonds. The van der Waals surface area contributed by atoms with Gasteiger partial charge in [-0.2, -0.15) is 0 Å². The van der Waals surface area contributed by atoms with E-state index in [1.807, 2.05) is 0 Å². The summed E-state index contributed by atoms with van der Waals surface area (Å²) in [7, 11) is 0. The van der Waals surface area contributed by atoms with Gasteiger partial charge in [-0.25, -0.2) is 0 Å². The van der Waals surface area contributed by atoms with E-state index in [0.717, 1.165) is 18.4 Å². The second-order valence-corrected chi connectivity index (χ2v) is 1.98. The normalized spacial score (nSPS) is 8.75. The zero-order chi connectivity index (χ0) is 6.57. The molecule has 0 aromatic carbocycles. The minimum atomic E-state index is 0.617. The predicted octanol–water partition coefficient (Wildman–Crippen LogP) is 2.38. The van der Waals surface area contributed by atoms with Gasteiger partial charge in [0.2, 0.25) is 0 Å². The van der Waals surface area contributed by atoms with Gasteiger partial charge >= 0.3 is 0 Å². The molecule has 0 aliphatic rings. The molecule has 0 spiro atoms. The van der Waals surface area contributed by atoms with Crippen LogP contribution in [-0.2, 0) is 0 Å². The standard InChI is InChI=1S/C7H13N/c1-4-5-6(2)7(3)8/h8H,2,4-5H2,1,3H3. The Balaban J connectivity index is 3.49. The minimum Gasteiger partial charge on any atom is -0.305 e. The van der Waals surface area contributed by atoms with Crippen molar-refractivity contribution in [2.24, 2.45) is 0 Å². The van der Waals surface area contributed by atoms with Crippen LogP contribution in [0.15, 0.2) is 12.2 Å². The number of rotatable bonds is 3. The van der Waals surface area contributed by atoms with Crippen LogP contribution in [-0.4, -0.2) is 5.71 Å². The first-order valence-corrected chi connectivity index (χ1v) is 2.91. The van der Waals surface area contributed by atoms with E-state index in [2.05, 4.69) is 13.5 Å². The molecule has 0 saturated carbocycles. The highest BCUT2D eigenvalue weighted by atomic mass is 14.4. The Morgan fingerprint density at radius 1 is 1.62 bits per heavy atom. The van der Waals surface area contributed by atoms with Gasteiger partial charge in [-0.05, 0) is 18.9 Å². The van der Waals surface area contributed by atoms with Gasteiger partial charge in [-0.3, -0.25) is 0 Å². The highest BCUT2D eigenvalue weighted by Gasteiger charge is 1.91. The van der Waals surface area contributed by atoms with Crippen LogP contribution in [0.3, 0.4) is 0 Å². The van der Waals surface area contributed by atoms with Crippen molar-refractivity contribution in [1.82, 2.24) is 0 Å². The summed E-state index contributed by atoms with van der Waals surface area (Å²) < 4.78 is 0. The second kappa shape index (κ2) is 3.42. The Labute approximate surface area is 50.9 Å².